The van der Waals surface area contributed by atoms with Crippen LogP contribution in [0.4, 0.5) is 5.69 Å². The van der Waals surface area contributed by atoms with Crippen LogP contribution in [-0.2, 0) is 9.53 Å². The van der Waals surface area contributed by atoms with Crippen LogP contribution in [0.15, 0.2) is 24.3 Å². The molecule has 0 aromatic heterocycles. The normalized spacial score (nSPS) is 24.5. The Balaban J connectivity index is 1.38. The molecule has 2 atom stereocenters. The molecule has 2 saturated heterocycles. The number of likely N-dealkylation sites (N-methyl/N-ethyl adjacent to an activating group) is 1. The van der Waals surface area contributed by atoms with E-state index in [1.807, 2.05) is 24.3 Å². The SMILES string of the molecule is CN1CCN(CCOc2ccc(NC(=O)[C@@H]3CC[C@H](CN)O3)cc2)CC1. The quantitative estimate of drug-likeness (QED) is 0.745. The number of anilines is 1. The first-order chi connectivity index (χ1) is 12.6. The van der Waals surface area contributed by atoms with Gasteiger partial charge in [-0.25, -0.2) is 0 Å². The lowest BCUT2D eigenvalue weighted by Crippen LogP contribution is -2.45. The highest BCUT2D eigenvalue weighted by Gasteiger charge is 2.29. The molecular formula is C19H30N4O3. The summed E-state index contributed by atoms with van der Waals surface area (Å²) in [6.07, 6.45) is 1.17. The van der Waals surface area contributed by atoms with Gasteiger partial charge in [0.15, 0.2) is 0 Å². The maximum Gasteiger partial charge on any atom is 0.253 e. The number of nitrogens with zero attached hydrogens (tertiary/aromatic N) is 2. The predicted molar refractivity (Wildman–Crippen MR) is 101 cm³/mol. The van der Waals surface area contributed by atoms with Crippen molar-refractivity contribution in [3.8, 4) is 5.75 Å². The number of hydrogen-bond donors (Lipinski definition) is 2. The van der Waals surface area contributed by atoms with Gasteiger partial charge in [0.2, 0.25) is 0 Å². The molecule has 0 unspecified atom stereocenters. The Hall–Kier alpha value is -1.67. The summed E-state index contributed by atoms with van der Waals surface area (Å²) in [5, 5.41) is 2.89. The fourth-order valence-corrected chi connectivity index (χ4v) is 3.29. The van der Waals surface area contributed by atoms with Crippen molar-refractivity contribution in [2.24, 2.45) is 5.73 Å². The number of nitrogens with one attached hydrogen (secondary N) is 1. The van der Waals surface area contributed by atoms with Gasteiger partial charge in [-0.2, -0.15) is 0 Å². The van der Waals surface area contributed by atoms with Gasteiger partial charge in [-0.15, -0.1) is 0 Å². The molecule has 0 saturated carbocycles. The third-order valence-corrected chi connectivity index (χ3v) is 5.06. The molecule has 0 aliphatic carbocycles. The summed E-state index contributed by atoms with van der Waals surface area (Å²) in [7, 11) is 2.16. The third-order valence-electron chi connectivity index (χ3n) is 5.06. The average molecular weight is 362 g/mol. The third kappa shape index (κ3) is 5.41. The van der Waals surface area contributed by atoms with Crippen LogP contribution in [0.3, 0.4) is 0 Å². The molecule has 7 heteroatoms. The minimum absolute atomic E-state index is 0.00169. The van der Waals surface area contributed by atoms with Crippen LogP contribution in [0, 0.1) is 0 Å². The number of hydrogen-bond acceptors (Lipinski definition) is 6. The zero-order chi connectivity index (χ0) is 18.4. The summed E-state index contributed by atoms with van der Waals surface area (Å²) in [6.45, 7) is 6.50. The maximum atomic E-state index is 12.2. The van der Waals surface area contributed by atoms with Crippen molar-refractivity contribution < 1.29 is 14.3 Å². The smallest absolute Gasteiger partial charge is 0.253 e. The zero-order valence-corrected chi connectivity index (χ0v) is 15.5. The Morgan fingerprint density at radius 2 is 1.96 bits per heavy atom. The summed E-state index contributed by atoms with van der Waals surface area (Å²) in [6, 6.07) is 7.49. The average Bonchev–Trinajstić information content (AvgIpc) is 3.14. The van der Waals surface area contributed by atoms with E-state index in [0.29, 0.717) is 13.2 Å². The molecule has 1 amide bonds. The van der Waals surface area contributed by atoms with Gasteiger partial charge >= 0.3 is 0 Å². The van der Waals surface area contributed by atoms with E-state index in [9.17, 15) is 4.79 Å². The van der Waals surface area contributed by atoms with E-state index < -0.39 is 6.10 Å². The van der Waals surface area contributed by atoms with Gasteiger partial charge in [-0.1, -0.05) is 0 Å². The fourth-order valence-electron chi connectivity index (χ4n) is 3.29. The molecule has 26 heavy (non-hydrogen) atoms. The number of carbonyl (C=O) groups excluding carboxylic acids is 1. The minimum Gasteiger partial charge on any atom is -0.492 e. The van der Waals surface area contributed by atoms with Gasteiger partial charge in [0.05, 0.1) is 6.10 Å². The summed E-state index contributed by atoms with van der Waals surface area (Å²) < 4.78 is 11.4. The van der Waals surface area contributed by atoms with Gasteiger partial charge in [-0.3, -0.25) is 9.69 Å². The lowest BCUT2D eigenvalue weighted by Gasteiger charge is -2.32. The van der Waals surface area contributed by atoms with Crippen molar-refractivity contribution in [1.29, 1.82) is 0 Å². The van der Waals surface area contributed by atoms with Crippen molar-refractivity contribution in [2.75, 3.05) is 58.2 Å². The van der Waals surface area contributed by atoms with Gasteiger partial charge in [0.1, 0.15) is 18.5 Å². The minimum atomic E-state index is -0.400. The lowest BCUT2D eigenvalue weighted by molar-refractivity contribution is -0.126. The van der Waals surface area contributed by atoms with Gasteiger partial charge in [0, 0.05) is 45.0 Å². The Labute approximate surface area is 155 Å². The van der Waals surface area contributed by atoms with E-state index in [4.69, 9.17) is 15.2 Å². The molecule has 0 bridgehead atoms. The van der Waals surface area contributed by atoms with E-state index in [0.717, 1.165) is 57.0 Å². The molecule has 3 N–H and O–H groups in total. The molecule has 2 aliphatic rings. The molecule has 1 aromatic rings. The number of amides is 1. The molecular weight excluding hydrogens is 332 g/mol. The van der Waals surface area contributed by atoms with Crippen molar-refractivity contribution in [3.63, 3.8) is 0 Å². The second-order valence-electron chi connectivity index (χ2n) is 7.07. The summed E-state index contributed by atoms with van der Waals surface area (Å²) >= 11 is 0. The van der Waals surface area contributed by atoms with Crippen LogP contribution in [0.25, 0.3) is 0 Å². The molecule has 0 radical (unpaired) electrons. The number of rotatable bonds is 7. The van der Waals surface area contributed by atoms with Crippen molar-refractivity contribution in [2.45, 2.75) is 25.0 Å². The molecule has 2 aliphatic heterocycles. The highest BCUT2D eigenvalue weighted by molar-refractivity contribution is 5.94. The maximum absolute atomic E-state index is 12.2. The Morgan fingerprint density at radius 1 is 1.23 bits per heavy atom. The van der Waals surface area contributed by atoms with E-state index in [-0.39, 0.29) is 12.0 Å². The lowest BCUT2D eigenvalue weighted by atomic mass is 10.2. The van der Waals surface area contributed by atoms with Crippen LogP contribution < -0.4 is 15.8 Å². The second kappa shape index (κ2) is 9.32. The van der Waals surface area contributed by atoms with E-state index in [1.54, 1.807) is 0 Å². The summed E-state index contributed by atoms with van der Waals surface area (Å²) in [5.74, 6) is 0.710. The standard InChI is InChI=1S/C19H30N4O3/c1-22-8-10-23(11-9-22)12-13-25-16-4-2-15(3-5-16)21-19(24)18-7-6-17(14-20)26-18/h2-5,17-18H,6-14,20H2,1H3,(H,21,24)/t17-,18+/m1/s1. The van der Waals surface area contributed by atoms with Crippen molar-refractivity contribution in [1.82, 2.24) is 9.80 Å². The number of nitrogens with two attached hydrogens (primary N) is 1. The monoisotopic (exact) mass is 362 g/mol. The highest BCUT2D eigenvalue weighted by atomic mass is 16.5. The second-order valence-corrected chi connectivity index (χ2v) is 7.07. The summed E-state index contributed by atoms with van der Waals surface area (Å²) in [5.41, 5.74) is 6.33. The van der Waals surface area contributed by atoms with Gasteiger partial charge in [-0.05, 0) is 44.2 Å². The van der Waals surface area contributed by atoms with E-state index >= 15 is 0 Å². The largest absolute Gasteiger partial charge is 0.492 e. The number of piperazine rings is 1. The number of ether oxygens (including phenoxy) is 2. The van der Waals surface area contributed by atoms with Crippen LogP contribution in [0.2, 0.25) is 0 Å². The molecule has 0 spiro atoms. The Kier molecular flexibility index (Phi) is 6.85. The molecule has 1 aromatic carbocycles. The molecule has 3 rings (SSSR count). The van der Waals surface area contributed by atoms with E-state index in [1.165, 1.54) is 0 Å². The van der Waals surface area contributed by atoms with E-state index in [2.05, 4.69) is 22.2 Å². The molecule has 144 valence electrons. The van der Waals surface area contributed by atoms with Gasteiger partial charge in [0.25, 0.3) is 5.91 Å². The van der Waals surface area contributed by atoms with Crippen LogP contribution in [0.1, 0.15) is 12.8 Å². The zero-order valence-electron chi connectivity index (χ0n) is 15.5. The van der Waals surface area contributed by atoms with Gasteiger partial charge < -0.3 is 25.4 Å². The first-order valence-electron chi connectivity index (χ1n) is 9.44. The number of benzene rings is 1. The van der Waals surface area contributed by atoms with Crippen molar-refractivity contribution >= 4 is 11.6 Å². The molecule has 2 fully saturated rings. The fraction of sp³-hybridized carbons (Fsp3) is 0.632. The molecule has 7 nitrogen and oxygen atoms in total. The number of carbonyl (C=O) groups is 1. The van der Waals surface area contributed by atoms with Crippen LogP contribution in [-0.4, -0.2) is 80.8 Å². The topological polar surface area (TPSA) is 80.1 Å². The van der Waals surface area contributed by atoms with Crippen molar-refractivity contribution in [3.05, 3.63) is 24.3 Å². The Morgan fingerprint density at radius 3 is 2.62 bits per heavy atom. The Bertz CT molecular complexity index is 573. The van der Waals surface area contributed by atoms with Crippen LogP contribution >= 0.6 is 0 Å². The predicted octanol–water partition coefficient (Wildman–Crippen LogP) is 0.758. The highest BCUT2D eigenvalue weighted by Crippen LogP contribution is 2.21. The molecule has 2 heterocycles. The summed E-state index contributed by atoms with van der Waals surface area (Å²) in [4.78, 5) is 17.0. The first kappa shape index (κ1) is 19.1. The van der Waals surface area contributed by atoms with Crippen LogP contribution in [0.5, 0.6) is 5.75 Å². The first-order valence-corrected chi connectivity index (χ1v) is 9.44.